The molecule has 1 unspecified atom stereocenters. The molecule has 1 aliphatic heterocycles. The van der Waals surface area contributed by atoms with Gasteiger partial charge in [-0.3, -0.25) is 4.79 Å². The first-order valence-electron chi connectivity index (χ1n) is 6.66. The number of benzene rings is 1. The van der Waals surface area contributed by atoms with E-state index in [1.165, 1.54) is 5.56 Å². The number of carbonyl (C=O) groups excluding carboxylic acids is 1. The lowest BCUT2D eigenvalue weighted by atomic mass is 10.0. The van der Waals surface area contributed by atoms with E-state index in [0.717, 1.165) is 23.4 Å². The molecule has 1 aromatic rings. The molecule has 1 aliphatic rings. The van der Waals surface area contributed by atoms with Crippen LogP contribution in [0.1, 0.15) is 16.7 Å². The highest BCUT2D eigenvalue weighted by Gasteiger charge is 2.33. The van der Waals surface area contributed by atoms with Gasteiger partial charge in [0.15, 0.2) is 0 Å². The van der Waals surface area contributed by atoms with E-state index in [9.17, 15) is 9.90 Å². The molecule has 1 aromatic carbocycles. The van der Waals surface area contributed by atoms with Crippen molar-refractivity contribution in [1.29, 1.82) is 0 Å². The van der Waals surface area contributed by atoms with Crippen molar-refractivity contribution in [3.05, 3.63) is 28.8 Å². The van der Waals surface area contributed by atoms with Gasteiger partial charge in [-0.15, -0.1) is 0 Å². The fourth-order valence-corrected chi connectivity index (χ4v) is 2.98. The van der Waals surface area contributed by atoms with E-state index < -0.39 is 6.04 Å². The topological polar surface area (TPSA) is 43.8 Å². The minimum absolute atomic E-state index is 0.00637. The van der Waals surface area contributed by atoms with E-state index in [1.54, 1.807) is 11.9 Å². The van der Waals surface area contributed by atoms with Crippen molar-refractivity contribution in [1.82, 2.24) is 4.90 Å². The number of piperazine rings is 1. The summed E-state index contributed by atoms with van der Waals surface area (Å²) in [5, 5.41) is 9.56. The molecule has 0 aromatic heterocycles. The van der Waals surface area contributed by atoms with Gasteiger partial charge in [-0.2, -0.15) is 0 Å². The molecule has 4 nitrogen and oxygen atoms in total. The summed E-state index contributed by atoms with van der Waals surface area (Å²) < 4.78 is 0. The van der Waals surface area contributed by atoms with E-state index in [4.69, 9.17) is 0 Å². The molecule has 2 rings (SSSR count). The molecule has 0 spiro atoms. The van der Waals surface area contributed by atoms with Crippen LogP contribution in [0.25, 0.3) is 0 Å². The summed E-state index contributed by atoms with van der Waals surface area (Å²) in [6.45, 7) is 7.51. The van der Waals surface area contributed by atoms with Crippen LogP contribution in [0, 0.1) is 20.8 Å². The van der Waals surface area contributed by atoms with Crippen LogP contribution in [0.5, 0.6) is 0 Å². The predicted molar refractivity (Wildman–Crippen MR) is 76.5 cm³/mol. The van der Waals surface area contributed by atoms with Gasteiger partial charge in [0.25, 0.3) is 0 Å². The molecule has 4 heteroatoms. The molecule has 1 saturated heterocycles. The summed E-state index contributed by atoms with van der Waals surface area (Å²) in [7, 11) is 1.79. The number of hydrogen-bond donors (Lipinski definition) is 1. The molecule has 0 radical (unpaired) electrons. The van der Waals surface area contributed by atoms with Crippen LogP contribution >= 0.6 is 0 Å². The number of aliphatic hydroxyl groups is 1. The second-order valence-electron chi connectivity index (χ2n) is 5.40. The van der Waals surface area contributed by atoms with Gasteiger partial charge in [0, 0.05) is 25.8 Å². The number of hydrogen-bond acceptors (Lipinski definition) is 3. The number of amides is 1. The van der Waals surface area contributed by atoms with Crippen molar-refractivity contribution < 1.29 is 9.90 Å². The van der Waals surface area contributed by atoms with E-state index in [-0.39, 0.29) is 12.5 Å². The number of aliphatic hydroxyl groups excluding tert-OH is 1. The van der Waals surface area contributed by atoms with Gasteiger partial charge >= 0.3 is 0 Å². The Labute approximate surface area is 114 Å². The van der Waals surface area contributed by atoms with Gasteiger partial charge in [-0.05, 0) is 31.9 Å². The van der Waals surface area contributed by atoms with Crippen molar-refractivity contribution >= 4 is 11.6 Å². The summed E-state index contributed by atoms with van der Waals surface area (Å²) >= 11 is 0. The molecule has 0 saturated carbocycles. The van der Waals surface area contributed by atoms with Crippen LogP contribution in [0.2, 0.25) is 0 Å². The summed E-state index contributed by atoms with van der Waals surface area (Å²) in [4.78, 5) is 15.9. The fourth-order valence-electron chi connectivity index (χ4n) is 2.98. The first-order chi connectivity index (χ1) is 8.95. The van der Waals surface area contributed by atoms with Crippen LogP contribution in [0.4, 0.5) is 5.69 Å². The second-order valence-corrected chi connectivity index (χ2v) is 5.40. The molecular weight excluding hydrogens is 240 g/mol. The van der Waals surface area contributed by atoms with Gasteiger partial charge in [0.1, 0.15) is 6.04 Å². The minimum Gasteiger partial charge on any atom is -0.394 e. The first-order valence-corrected chi connectivity index (χ1v) is 6.66. The lowest BCUT2D eigenvalue weighted by molar-refractivity contribution is -0.133. The molecule has 0 bridgehead atoms. The largest absolute Gasteiger partial charge is 0.394 e. The van der Waals surface area contributed by atoms with Gasteiger partial charge in [0.2, 0.25) is 5.91 Å². The van der Waals surface area contributed by atoms with E-state index >= 15 is 0 Å². The monoisotopic (exact) mass is 262 g/mol. The number of carbonyl (C=O) groups is 1. The van der Waals surface area contributed by atoms with Crippen molar-refractivity contribution in [2.75, 3.05) is 31.6 Å². The smallest absolute Gasteiger partial charge is 0.247 e. The van der Waals surface area contributed by atoms with Gasteiger partial charge < -0.3 is 14.9 Å². The predicted octanol–water partition coefficient (Wildman–Crippen LogP) is 1.25. The highest BCUT2D eigenvalue weighted by molar-refractivity contribution is 5.87. The molecule has 1 heterocycles. The number of nitrogens with zero attached hydrogens (tertiary/aromatic N) is 2. The van der Waals surface area contributed by atoms with Crippen molar-refractivity contribution in [2.24, 2.45) is 0 Å². The number of aryl methyl sites for hydroxylation is 3. The lowest BCUT2D eigenvalue weighted by Gasteiger charge is -2.41. The Hall–Kier alpha value is -1.55. The van der Waals surface area contributed by atoms with Crippen molar-refractivity contribution in [3.8, 4) is 0 Å². The average molecular weight is 262 g/mol. The van der Waals surface area contributed by atoms with E-state index in [0.29, 0.717) is 6.54 Å². The maximum absolute atomic E-state index is 12.2. The Balaban J connectivity index is 2.43. The third kappa shape index (κ3) is 2.45. The van der Waals surface area contributed by atoms with Crippen LogP contribution in [-0.2, 0) is 4.79 Å². The highest BCUT2D eigenvalue weighted by Crippen LogP contribution is 2.29. The Morgan fingerprint density at radius 3 is 2.32 bits per heavy atom. The SMILES string of the molecule is Cc1cc(C)c(N2CCN(C)C(=O)C2CO)c(C)c1. The zero-order valence-electron chi connectivity index (χ0n) is 12.1. The molecule has 1 atom stereocenters. The molecule has 104 valence electrons. The van der Waals surface area contributed by atoms with Gasteiger partial charge in [-0.25, -0.2) is 0 Å². The molecule has 0 aliphatic carbocycles. The molecule has 1 N–H and O–H groups in total. The summed E-state index contributed by atoms with van der Waals surface area (Å²) in [6, 6.07) is 3.79. The maximum atomic E-state index is 12.2. The molecule has 1 amide bonds. The Kier molecular flexibility index (Phi) is 3.80. The summed E-state index contributed by atoms with van der Waals surface area (Å²) in [5.74, 6) is -0.00637. The average Bonchev–Trinajstić information content (AvgIpc) is 2.32. The van der Waals surface area contributed by atoms with E-state index in [1.807, 2.05) is 4.90 Å². The standard InChI is InChI=1S/C15H22N2O2/c1-10-7-11(2)14(12(3)8-10)17-6-5-16(4)15(19)13(17)9-18/h7-8,13,18H,5-6,9H2,1-4H3. The maximum Gasteiger partial charge on any atom is 0.247 e. The van der Waals surface area contributed by atoms with Gasteiger partial charge in [-0.1, -0.05) is 17.7 Å². The van der Waals surface area contributed by atoms with Crippen LogP contribution < -0.4 is 4.90 Å². The third-order valence-corrected chi connectivity index (χ3v) is 3.81. The highest BCUT2D eigenvalue weighted by atomic mass is 16.3. The zero-order chi connectivity index (χ0) is 14.2. The fraction of sp³-hybridized carbons (Fsp3) is 0.533. The second kappa shape index (κ2) is 5.21. The molecule has 1 fully saturated rings. The molecular formula is C15H22N2O2. The summed E-state index contributed by atoms with van der Waals surface area (Å²) in [5.41, 5.74) is 4.63. The normalized spacial score (nSPS) is 20.1. The van der Waals surface area contributed by atoms with Crippen molar-refractivity contribution in [2.45, 2.75) is 26.8 Å². The lowest BCUT2D eigenvalue weighted by Crippen LogP contribution is -2.57. The number of anilines is 1. The van der Waals surface area contributed by atoms with Crippen LogP contribution in [0.3, 0.4) is 0 Å². The van der Waals surface area contributed by atoms with Gasteiger partial charge in [0.05, 0.1) is 6.61 Å². The molecule has 19 heavy (non-hydrogen) atoms. The number of rotatable bonds is 2. The Bertz CT molecular complexity index is 476. The Morgan fingerprint density at radius 2 is 1.79 bits per heavy atom. The third-order valence-electron chi connectivity index (χ3n) is 3.81. The summed E-state index contributed by atoms with van der Waals surface area (Å²) in [6.07, 6.45) is 0. The van der Waals surface area contributed by atoms with Crippen LogP contribution in [-0.4, -0.2) is 48.7 Å². The van der Waals surface area contributed by atoms with Crippen molar-refractivity contribution in [3.63, 3.8) is 0 Å². The minimum atomic E-state index is -0.459. The van der Waals surface area contributed by atoms with Crippen LogP contribution in [0.15, 0.2) is 12.1 Å². The quantitative estimate of drug-likeness (QED) is 0.872. The Morgan fingerprint density at radius 1 is 1.21 bits per heavy atom. The van der Waals surface area contributed by atoms with E-state index in [2.05, 4.69) is 32.9 Å². The first kappa shape index (κ1) is 13.9. The zero-order valence-corrected chi connectivity index (χ0v) is 12.1. The number of likely N-dealkylation sites (N-methyl/N-ethyl adjacent to an activating group) is 1.